The maximum Gasteiger partial charge on any atom is 0.0639 e. The molecule has 0 atom stereocenters. The first kappa shape index (κ1) is 10.2. The molecule has 0 aliphatic rings. The first-order valence-corrected chi connectivity index (χ1v) is 4.70. The van der Waals surface area contributed by atoms with E-state index >= 15 is 0 Å². The van der Waals surface area contributed by atoms with Crippen molar-refractivity contribution in [2.75, 3.05) is 0 Å². The van der Waals surface area contributed by atoms with E-state index in [2.05, 4.69) is 0 Å². The van der Waals surface area contributed by atoms with Crippen LogP contribution in [0, 0.1) is 6.42 Å². The van der Waals surface area contributed by atoms with Gasteiger partial charge in [-0.2, -0.15) is 0 Å². The predicted molar refractivity (Wildman–Crippen MR) is 55.2 cm³/mol. The Morgan fingerprint density at radius 1 is 1.17 bits per heavy atom. The fourth-order valence-electron chi connectivity index (χ4n) is 0.960. The fraction of sp³-hybridized carbons (Fsp3) is 0.222. The molecular formula is C9H8Cl3. The van der Waals surface area contributed by atoms with Crippen LogP contribution in [-0.2, 0) is 6.42 Å². The second kappa shape index (κ2) is 4.36. The van der Waals surface area contributed by atoms with Crippen LogP contribution < -0.4 is 0 Å². The third-order valence-electron chi connectivity index (χ3n) is 1.55. The van der Waals surface area contributed by atoms with Crippen molar-refractivity contribution in [3.8, 4) is 0 Å². The fourth-order valence-corrected chi connectivity index (χ4v) is 1.66. The summed E-state index contributed by atoms with van der Waals surface area (Å²) in [5.41, 5.74) is 0.897. The largest absolute Gasteiger partial charge is 0.0840 e. The minimum atomic E-state index is 0.554. The quantitative estimate of drug-likeness (QED) is 0.650. The molecule has 0 amide bonds. The number of hydrogen-bond acceptors (Lipinski definition) is 0. The Morgan fingerprint density at radius 2 is 1.75 bits per heavy atom. The molecule has 0 heterocycles. The maximum atomic E-state index is 5.94. The topological polar surface area (TPSA) is 0 Å². The summed E-state index contributed by atoms with van der Waals surface area (Å²) < 4.78 is 0. The van der Waals surface area contributed by atoms with Crippen molar-refractivity contribution in [1.82, 2.24) is 0 Å². The molecular weight excluding hydrogens is 214 g/mol. The zero-order chi connectivity index (χ0) is 9.14. The summed E-state index contributed by atoms with van der Waals surface area (Å²) in [6.07, 6.45) is 2.74. The summed E-state index contributed by atoms with van der Waals surface area (Å²) in [6, 6.07) is 3.46. The van der Waals surface area contributed by atoms with Crippen LogP contribution in [0.1, 0.15) is 12.5 Å². The van der Waals surface area contributed by atoms with E-state index in [1.54, 1.807) is 12.1 Å². The lowest BCUT2D eigenvalue weighted by atomic mass is 10.1. The zero-order valence-corrected chi connectivity index (χ0v) is 8.84. The third kappa shape index (κ3) is 2.07. The molecule has 1 rings (SSSR count). The highest BCUT2D eigenvalue weighted by molar-refractivity contribution is 6.44. The van der Waals surface area contributed by atoms with Crippen molar-refractivity contribution >= 4 is 34.8 Å². The van der Waals surface area contributed by atoms with Crippen molar-refractivity contribution in [1.29, 1.82) is 0 Å². The first-order chi connectivity index (χ1) is 5.66. The highest BCUT2D eigenvalue weighted by atomic mass is 35.5. The minimum absolute atomic E-state index is 0.554. The molecule has 0 aromatic heterocycles. The highest BCUT2D eigenvalue weighted by Gasteiger charge is 2.07. The molecule has 0 spiro atoms. The Labute approximate surface area is 87.4 Å². The van der Waals surface area contributed by atoms with E-state index in [0.717, 1.165) is 12.0 Å². The Morgan fingerprint density at radius 3 is 2.33 bits per heavy atom. The van der Waals surface area contributed by atoms with E-state index in [1.165, 1.54) is 0 Å². The van der Waals surface area contributed by atoms with Crippen LogP contribution in [0.5, 0.6) is 0 Å². The monoisotopic (exact) mass is 221 g/mol. The van der Waals surface area contributed by atoms with Gasteiger partial charge in [0.2, 0.25) is 0 Å². The van der Waals surface area contributed by atoms with Gasteiger partial charge in [-0.05, 0) is 30.5 Å². The molecule has 1 radical (unpaired) electrons. The Balaban J connectivity index is 3.14. The lowest BCUT2D eigenvalue weighted by Crippen LogP contribution is -1.87. The summed E-state index contributed by atoms with van der Waals surface area (Å²) >= 11 is 17.7. The van der Waals surface area contributed by atoms with Gasteiger partial charge in [0.25, 0.3) is 0 Å². The van der Waals surface area contributed by atoms with Crippen molar-refractivity contribution in [2.45, 2.75) is 13.3 Å². The van der Waals surface area contributed by atoms with E-state index in [4.69, 9.17) is 34.8 Å². The van der Waals surface area contributed by atoms with Gasteiger partial charge >= 0.3 is 0 Å². The van der Waals surface area contributed by atoms with Gasteiger partial charge in [0, 0.05) is 5.02 Å². The lowest BCUT2D eigenvalue weighted by molar-refractivity contribution is 1.14. The van der Waals surface area contributed by atoms with E-state index in [0.29, 0.717) is 15.1 Å². The smallest absolute Gasteiger partial charge is 0.0639 e. The van der Waals surface area contributed by atoms with Gasteiger partial charge in [-0.1, -0.05) is 41.7 Å². The van der Waals surface area contributed by atoms with Gasteiger partial charge in [0.05, 0.1) is 10.0 Å². The predicted octanol–water partition coefficient (Wildman–Crippen LogP) is 4.41. The van der Waals surface area contributed by atoms with Crippen molar-refractivity contribution in [3.63, 3.8) is 0 Å². The van der Waals surface area contributed by atoms with Crippen LogP contribution in [-0.4, -0.2) is 0 Å². The Hall–Kier alpha value is 0.0900. The van der Waals surface area contributed by atoms with Crippen LogP contribution in [0.2, 0.25) is 15.1 Å². The molecule has 65 valence electrons. The molecule has 3 heteroatoms. The number of hydrogen-bond donors (Lipinski definition) is 0. The zero-order valence-electron chi connectivity index (χ0n) is 6.57. The SMILES string of the molecule is C[CH]Cc1c(Cl)ccc(Cl)c1Cl. The second-order valence-corrected chi connectivity index (χ2v) is 3.63. The molecule has 12 heavy (non-hydrogen) atoms. The first-order valence-electron chi connectivity index (χ1n) is 3.57. The van der Waals surface area contributed by atoms with Crippen LogP contribution in [0.3, 0.4) is 0 Å². The van der Waals surface area contributed by atoms with E-state index in [9.17, 15) is 0 Å². The summed E-state index contributed by atoms with van der Waals surface area (Å²) in [5.74, 6) is 0. The van der Waals surface area contributed by atoms with E-state index < -0.39 is 0 Å². The van der Waals surface area contributed by atoms with Gasteiger partial charge in [0.1, 0.15) is 0 Å². The van der Waals surface area contributed by atoms with Crippen molar-refractivity contribution < 1.29 is 0 Å². The number of benzene rings is 1. The molecule has 0 saturated carbocycles. The molecule has 0 bridgehead atoms. The van der Waals surface area contributed by atoms with Crippen molar-refractivity contribution in [2.24, 2.45) is 0 Å². The standard InChI is InChI=1S/C9H8Cl3/c1-2-3-6-7(10)4-5-8(11)9(6)12/h2,4-5H,3H2,1H3. The molecule has 0 nitrogen and oxygen atoms in total. The maximum absolute atomic E-state index is 5.94. The Kier molecular flexibility index (Phi) is 3.70. The minimum Gasteiger partial charge on any atom is -0.0840 e. The average molecular weight is 223 g/mol. The molecule has 0 unspecified atom stereocenters. The van der Waals surface area contributed by atoms with Crippen LogP contribution >= 0.6 is 34.8 Å². The third-order valence-corrected chi connectivity index (χ3v) is 2.74. The van der Waals surface area contributed by atoms with Gasteiger partial charge in [0.15, 0.2) is 0 Å². The van der Waals surface area contributed by atoms with E-state index in [1.807, 2.05) is 13.3 Å². The molecule has 1 aromatic rings. The molecule has 0 aliphatic heterocycles. The molecule has 1 aromatic carbocycles. The summed E-state index contributed by atoms with van der Waals surface area (Å²) in [4.78, 5) is 0. The summed E-state index contributed by atoms with van der Waals surface area (Å²) in [6.45, 7) is 1.95. The van der Waals surface area contributed by atoms with Crippen LogP contribution in [0.15, 0.2) is 12.1 Å². The van der Waals surface area contributed by atoms with Crippen molar-refractivity contribution in [3.05, 3.63) is 39.2 Å². The van der Waals surface area contributed by atoms with Crippen LogP contribution in [0.25, 0.3) is 0 Å². The molecule has 0 aliphatic carbocycles. The number of halogens is 3. The lowest BCUT2D eigenvalue weighted by Gasteiger charge is -2.05. The average Bonchev–Trinajstić information content (AvgIpc) is 2.06. The second-order valence-electron chi connectivity index (χ2n) is 2.43. The van der Waals surface area contributed by atoms with Gasteiger partial charge < -0.3 is 0 Å². The Bertz CT molecular complexity index is 281. The normalized spacial score (nSPS) is 10.3. The van der Waals surface area contributed by atoms with E-state index in [-0.39, 0.29) is 0 Å². The van der Waals surface area contributed by atoms with Gasteiger partial charge in [-0.3, -0.25) is 0 Å². The summed E-state index contributed by atoms with van der Waals surface area (Å²) in [5, 5.41) is 1.78. The summed E-state index contributed by atoms with van der Waals surface area (Å²) in [7, 11) is 0. The van der Waals surface area contributed by atoms with Gasteiger partial charge in [-0.15, -0.1) is 0 Å². The number of rotatable bonds is 2. The van der Waals surface area contributed by atoms with Crippen LogP contribution in [0.4, 0.5) is 0 Å². The molecule has 0 N–H and O–H groups in total. The highest BCUT2D eigenvalue weighted by Crippen LogP contribution is 2.31. The molecule has 0 saturated heterocycles. The van der Waals surface area contributed by atoms with Gasteiger partial charge in [-0.25, -0.2) is 0 Å². The molecule has 0 fully saturated rings.